The van der Waals surface area contributed by atoms with E-state index in [4.69, 9.17) is 4.74 Å². The summed E-state index contributed by atoms with van der Waals surface area (Å²) in [5.41, 5.74) is 2.67. The number of rotatable bonds is 6. The smallest absolute Gasteiger partial charge is 0.255 e. The molecule has 1 atom stereocenters. The number of morpholine rings is 1. The van der Waals surface area contributed by atoms with Crippen molar-refractivity contribution < 1.29 is 18.3 Å². The monoisotopic (exact) mass is 440 g/mol. The largest absolute Gasteiger partial charge is 0.374 e. The summed E-state index contributed by atoms with van der Waals surface area (Å²) in [6.07, 6.45) is -0.124. The van der Waals surface area contributed by atoms with E-state index in [2.05, 4.69) is 27.4 Å². The average molecular weight is 440 g/mol. The van der Waals surface area contributed by atoms with Crippen LogP contribution in [0.25, 0.3) is 5.69 Å². The van der Waals surface area contributed by atoms with Gasteiger partial charge in [-0.25, -0.2) is 13.5 Å². The van der Waals surface area contributed by atoms with Crippen LogP contribution < -0.4 is 5.32 Å². The number of nitrogens with one attached hydrogen (secondary N) is 1. The maximum atomic E-state index is 14.2. The SMILES string of the molecule is Cc1nn(-c2ccc(F)cc2F)c(C)c1C(=O)NC[C@@H]1CN(Cc2ccccc2)CCO1. The molecule has 1 fully saturated rings. The minimum Gasteiger partial charge on any atom is -0.374 e. The van der Waals surface area contributed by atoms with Gasteiger partial charge in [-0.15, -0.1) is 0 Å². The summed E-state index contributed by atoms with van der Waals surface area (Å²) in [4.78, 5) is 15.2. The van der Waals surface area contributed by atoms with Crippen molar-refractivity contribution in [2.75, 3.05) is 26.2 Å². The molecule has 0 unspecified atom stereocenters. The maximum absolute atomic E-state index is 14.2. The molecular formula is C24H26F2N4O2. The Morgan fingerprint density at radius 2 is 1.97 bits per heavy atom. The summed E-state index contributed by atoms with van der Waals surface area (Å²) < 4.78 is 34.6. The van der Waals surface area contributed by atoms with E-state index in [9.17, 15) is 13.6 Å². The number of benzene rings is 2. The number of hydrogen-bond acceptors (Lipinski definition) is 4. The van der Waals surface area contributed by atoms with Crippen molar-refractivity contribution in [2.24, 2.45) is 0 Å². The predicted octanol–water partition coefficient (Wildman–Crippen LogP) is 3.40. The molecule has 4 rings (SSSR count). The second-order valence-electron chi connectivity index (χ2n) is 7.98. The molecule has 0 radical (unpaired) electrons. The van der Waals surface area contributed by atoms with Gasteiger partial charge in [0.05, 0.1) is 29.7 Å². The molecule has 2 heterocycles. The molecule has 1 aliphatic rings. The Bertz CT molecular complexity index is 1100. The lowest BCUT2D eigenvalue weighted by Gasteiger charge is -2.33. The highest BCUT2D eigenvalue weighted by atomic mass is 19.1. The van der Waals surface area contributed by atoms with E-state index in [1.807, 2.05) is 18.2 Å². The molecule has 2 aromatic carbocycles. The van der Waals surface area contributed by atoms with E-state index in [-0.39, 0.29) is 17.7 Å². The molecule has 6 nitrogen and oxygen atoms in total. The second kappa shape index (κ2) is 9.58. The molecular weight excluding hydrogens is 414 g/mol. The summed E-state index contributed by atoms with van der Waals surface area (Å²) in [5.74, 6) is -1.70. The van der Waals surface area contributed by atoms with Gasteiger partial charge in [-0.3, -0.25) is 9.69 Å². The van der Waals surface area contributed by atoms with E-state index in [0.29, 0.717) is 36.6 Å². The number of halogens is 2. The molecule has 1 amide bonds. The number of aryl methyl sites for hydroxylation is 1. The summed E-state index contributed by atoms with van der Waals surface area (Å²) in [6.45, 7) is 6.74. The van der Waals surface area contributed by atoms with Crippen LogP contribution in [0, 0.1) is 25.5 Å². The zero-order chi connectivity index (χ0) is 22.7. The van der Waals surface area contributed by atoms with Crippen LogP contribution in [0.3, 0.4) is 0 Å². The van der Waals surface area contributed by atoms with Gasteiger partial charge in [0.1, 0.15) is 11.5 Å². The summed E-state index contributed by atoms with van der Waals surface area (Å²) in [6, 6.07) is 13.5. The first-order valence-corrected chi connectivity index (χ1v) is 10.6. The van der Waals surface area contributed by atoms with Crippen LogP contribution in [0.2, 0.25) is 0 Å². The fraction of sp³-hybridized carbons (Fsp3) is 0.333. The van der Waals surface area contributed by atoms with Crippen LogP contribution in [0.5, 0.6) is 0 Å². The van der Waals surface area contributed by atoms with E-state index in [0.717, 1.165) is 25.2 Å². The number of carbonyl (C=O) groups is 1. The Labute approximate surface area is 185 Å². The van der Waals surface area contributed by atoms with Gasteiger partial charge >= 0.3 is 0 Å². The first-order chi connectivity index (χ1) is 15.4. The van der Waals surface area contributed by atoms with Crippen molar-refractivity contribution >= 4 is 5.91 Å². The van der Waals surface area contributed by atoms with Gasteiger partial charge in [0.15, 0.2) is 5.82 Å². The highest BCUT2D eigenvalue weighted by Gasteiger charge is 2.24. The van der Waals surface area contributed by atoms with Crippen LogP contribution in [-0.4, -0.2) is 52.9 Å². The minimum absolute atomic E-state index is 0.0956. The first-order valence-electron chi connectivity index (χ1n) is 10.6. The molecule has 32 heavy (non-hydrogen) atoms. The van der Waals surface area contributed by atoms with Gasteiger partial charge in [-0.2, -0.15) is 5.10 Å². The Morgan fingerprint density at radius 1 is 1.19 bits per heavy atom. The number of carbonyl (C=O) groups excluding carboxylic acids is 1. The van der Waals surface area contributed by atoms with Crippen molar-refractivity contribution in [3.63, 3.8) is 0 Å². The number of amides is 1. The van der Waals surface area contributed by atoms with E-state index >= 15 is 0 Å². The predicted molar refractivity (Wildman–Crippen MR) is 117 cm³/mol. The van der Waals surface area contributed by atoms with Crippen LogP contribution >= 0.6 is 0 Å². The van der Waals surface area contributed by atoms with Gasteiger partial charge in [-0.05, 0) is 31.5 Å². The average Bonchev–Trinajstić information content (AvgIpc) is 3.07. The molecule has 0 saturated carbocycles. The highest BCUT2D eigenvalue weighted by Crippen LogP contribution is 2.21. The topological polar surface area (TPSA) is 59.4 Å². The molecule has 1 aliphatic heterocycles. The third-order valence-electron chi connectivity index (χ3n) is 5.62. The van der Waals surface area contributed by atoms with E-state index < -0.39 is 11.6 Å². The van der Waals surface area contributed by atoms with Crippen LogP contribution in [0.15, 0.2) is 48.5 Å². The Hall–Kier alpha value is -3.10. The molecule has 0 bridgehead atoms. The van der Waals surface area contributed by atoms with Crippen LogP contribution in [-0.2, 0) is 11.3 Å². The number of aromatic nitrogens is 2. The van der Waals surface area contributed by atoms with Crippen molar-refractivity contribution in [3.8, 4) is 5.69 Å². The van der Waals surface area contributed by atoms with Crippen LogP contribution in [0.4, 0.5) is 8.78 Å². The van der Waals surface area contributed by atoms with Gasteiger partial charge < -0.3 is 10.1 Å². The van der Waals surface area contributed by atoms with Gasteiger partial charge in [0.25, 0.3) is 5.91 Å². The standard InChI is InChI=1S/C24H26F2N4O2/c1-16-23(17(2)30(28-16)22-9-8-19(25)12-21(22)26)24(31)27-13-20-15-29(10-11-32-20)14-18-6-4-3-5-7-18/h3-9,12,20H,10-11,13-15H2,1-2H3,(H,27,31)/t20-/m1/s1. The summed E-state index contributed by atoms with van der Waals surface area (Å²) in [5, 5.41) is 7.23. The lowest BCUT2D eigenvalue weighted by Crippen LogP contribution is -2.47. The molecule has 1 N–H and O–H groups in total. The Morgan fingerprint density at radius 3 is 2.72 bits per heavy atom. The van der Waals surface area contributed by atoms with Gasteiger partial charge in [0.2, 0.25) is 0 Å². The zero-order valence-electron chi connectivity index (χ0n) is 18.1. The van der Waals surface area contributed by atoms with Crippen molar-refractivity contribution in [1.82, 2.24) is 20.0 Å². The van der Waals surface area contributed by atoms with Crippen LogP contribution in [0.1, 0.15) is 27.3 Å². The number of nitrogens with zero attached hydrogens (tertiary/aromatic N) is 3. The van der Waals surface area contributed by atoms with Crippen molar-refractivity contribution in [3.05, 3.63) is 82.7 Å². The minimum atomic E-state index is -0.739. The number of ether oxygens (including phenoxy) is 1. The van der Waals surface area contributed by atoms with Crippen molar-refractivity contribution in [2.45, 2.75) is 26.5 Å². The number of hydrogen-bond donors (Lipinski definition) is 1. The quantitative estimate of drug-likeness (QED) is 0.638. The molecule has 0 aliphatic carbocycles. The molecule has 0 spiro atoms. The highest BCUT2D eigenvalue weighted by molar-refractivity contribution is 5.96. The first kappa shape index (κ1) is 22.1. The maximum Gasteiger partial charge on any atom is 0.255 e. The van der Waals surface area contributed by atoms with Gasteiger partial charge in [-0.1, -0.05) is 30.3 Å². The zero-order valence-corrected chi connectivity index (χ0v) is 18.1. The summed E-state index contributed by atoms with van der Waals surface area (Å²) >= 11 is 0. The van der Waals surface area contributed by atoms with Crippen molar-refractivity contribution in [1.29, 1.82) is 0 Å². The summed E-state index contributed by atoms with van der Waals surface area (Å²) in [7, 11) is 0. The van der Waals surface area contributed by atoms with E-state index in [1.54, 1.807) is 13.8 Å². The fourth-order valence-corrected chi connectivity index (χ4v) is 4.04. The second-order valence-corrected chi connectivity index (χ2v) is 7.98. The third kappa shape index (κ3) is 4.87. The Kier molecular flexibility index (Phi) is 6.62. The molecule has 168 valence electrons. The Balaban J connectivity index is 1.40. The lowest BCUT2D eigenvalue weighted by molar-refractivity contribution is -0.0292. The van der Waals surface area contributed by atoms with Gasteiger partial charge in [0, 0.05) is 32.2 Å². The third-order valence-corrected chi connectivity index (χ3v) is 5.62. The van der Waals surface area contributed by atoms with E-state index in [1.165, 1.54) is 16.3 Å². The lowest BCUT2D eigenvalue weighted by atomic mass is 10.1. The molecule has 1 aromatic heterocycles. The normalized spacial score (nSPS) is 16.8. The fourth-order valence-electron chi connectivity index (χ4n) is 4.04. The molecule has 1 saturated heterocycles. The molecule has 3 aromatic rings. The molecule has 8 heteroatoms.